The van der Waals surface area contributed by atoms with Gasteiger partial charge in [0, 0.05) is 18.4 Å². The van der Waals surface area contributed by atoms with E-state index in [2.05, 4.69) is 53.8 Å². The molecule has 1 fully saturated rings. The third kappa shape index (κ3) is 2.56. The molecule has 1 saturated heterocycles. The van der Waals surface area contributed by atoms with E-state index in [0.29, 0.717) is 12.0 Å². The second-order valence-electron chi connectivity index (χ2n) is 6.11. The minimum Gasteiger partial charge on any atom is -0.493 e. The van der Waals surface area contributed by atoms with Gasteiger partial charge in [0.05, 0.1) is 6.61 Å². The second kappa shape index (κ2) is 5.53. The van der Waals surface area contributed by atoms with Gasteiger partial charge in [-0.25, -0.2) is 0 Å². The molecule has 2 heterocycles. The van der Waals surface area contributed by atoms with E-state index in [1.165, 1.54) is 23.1 Å². The molecule has 2 heteroatoms. The Bertz CT molecular complexity index is 623. The molecule has 21 heavy (non-hydrogen) atoms. The van der Waals surface area contributed by atoms with Crippen LogP contribution < -0.4 is 10.1 Å². The van der Waals surface area contributed by atoms with Crippen molar-refractivity contribution in [3.05, 3.63) is 65.2 Å². The molecule has 2 unspecified atom stereocenters. The molecular weight excluding hydrogens is 258 g/mol. The van der Waals surface area contributed by atoms with Crippen LogP contribution >= 0.6 is 0 Å². The number of rotatable bonds is 3. The second-order valence-corrected chi connectivity index (χ2v) is 6.11. The Morgan fingerprint density at radius 3 is 2.90 bits per heavy atom. The van der Waals surface area contributed by atoms with Crippen molar-refractivity contribution in [1.29, 1.82) is 0 Å². The molecule has 0 radical (unpaired) electrons. The van der Waals surface area contributed by atoms with E-state index in [1.54, 1.807) is 0 Å². The Hall–Kier alpha value is -1.80. The molecular formula is C19H21NO. The number of fused-ring (bicyclic) bond motifs is 1. The highest BCUT2D eigenvalue weighted by molar-refractivity contribution is 5.41. The van der Waals surface area contributed by atoms with Crippen LogP contribution in [0.25, 0.3) is 0 Å². The van der Waals surface area contributed by atoms with Gasteiger partial charge >= 0.3 is 0 Å². The van der Waals surface area contributed by atoms with Crippen molar-refractivity contribution >= 4 is 0 Å². The number of benzene rings is 2. The summed E-state index contributed by atoms with van der Waals surface area (Å²) in [6.45, 7) is 1.96. The topological polar surface area (TPSA) is 21.3 Å². The van der Waals surface area contributed by atoms with Gasteiger partial charge in [-0.1, -0.05) is 42.5 Å². The van der Waals surface area contributed by atoms with E-state index in [9.17, 15) is 0 Å². The summed E-state index contributed by atoms with van der Waals surface area (Å²) in [6, 6.07) is 18.2. The lowest BCUT2D eigenvalue weighted by molar-refractivity contribution is 0.356. The van der Waals surface area contributed by atoms with E-state index < -0.39 is 0 Å². The van der Waals surface area contributed by atoms with Crippen LogP contribution in [0, 0.1) is 0 Å². The first-order valence-corrected chi connectivity index (χ1v) is 7.93. The van der Waals surface area contributed by atoms with E-state index in [4.69, 9.17) is 4.74 Å². The van der Waals surface area contributed by atoms with Crippen molar-refractivity contribution in [2.75, 3.05) is 13.2 Å². The first-order chi connectivity index (χ1) is 10.4. The van der Waals surface area contributed by atoms with Crippen molar-refractivity contribution in [3.63, 3.8) is 0 Å². The highest BCUT2D eigenvalue weighted by atomic mass is 16.5. The van der Waals surface area contributed by atoms with Gasteiger partial charge < -0.3 is 10.1 Å². The van der Waals surface area contributed by atoms with Crippen LogP contribution in [0.5, 0.6) is 5.75 Å². The molecule has 0 saturated carbocycles. The maximum absolute atomic E-state index is 5.62. The lowest BCUT2D eigenvalue weighted by Gasteiger charge is -2.20. The van der Waals surface area contributed by atoms with Gasteiger partial charge in [0.1, 0.15) is 5.75 Å². The maximum Gasteiger partial charge on any atom is 0.122 e. The standard InChI is InChI=1S/C19H21NO/c1-2-4-14(5-3-1)12-18-17(8-10-20-18)15-6-7-19-16(13-15)9-11-21-19/h1-7,13,17-18,20H,8-12H2. The van der Waals surface area contributed by atoms with Crippen LogP contribution in [0.4, 0.5) is 0 Å². The van der Waals surface area contributed by atoms with Gasteiger partial charge in [-0.2, -0.15) is 0 Å². The Balaban J connectivity index is 1.56. The van der Waals surface area contributed by atoms with E-state index in [1.807, 2.05) is 0 Å². The molecule has 2 atom stereocenters. The summed E-state index contributed by atoms with van der Waals surface area (Å²) in [7, 11) is 0. The highest BCUT2D eigenvalue weighted by Gasteiger charge is 2.29. The van der Waals surface area contributed by atoms with Crippen molar-refractivity contribution in [3.8, 4) is 5.75 Å². The molecule has 0 spiro atoms. The summed E-state index contributed by atoms with van der Waals surface area (Å²) >= 11 is 0. The summed E-state index contributed by atoms with van der Waals surface area (Å²) in [4.78, 5) is 0. The lowest BCUT2D eigenvalue weighted by Crippen LogP contribution is -2.28. The molecule has 0 amide bonds. The van der Waals surface area contributed by atoms with Crippen molar-refractivity contribution in [2.45, 2.75) is 31.2 Å². The summed E-state index contributed by atoms with van der Waals surface area (Å²) in [5, 5.41) is 3.69. The van der Waals surface area contributed by atoms with Crippen molar-refractivity contribution < 1.29 is 4.74 Å². The first kappa shape index (κ1) is 12.9. The van der Waals surface area contributed by atoms with Gasteiger partial charge in [0.15, 0.2) is 0 Å². The minimum absolute atomic E-state index is 0.549. The zero-order chi connectivity index (χ0) is 14.1. The Labute approximate surface area is 126 Å². The number of nitrogens with one attached hydrogen (secondary N) is 1. The Kier molecular flexibility index (Phi) is 3.40. The fraction of sp³-hybridized carbons (Fsp3) is 0.368. The molecule has 2 aliphatic heterocycles. The molecule has 2 nitrogen and oxygen atoms in total. The van der Waals surface area contributed by atoms with Crippen molar-refractivity contribution in [2.24, 2.45) is 0 Å². The van der Waals surface area contributed by atoms with Gasteiger partial charge in [-0.05, 0) is 42.1 Å². The summed E-state index contributed by atoms with van der Waals surface area (Å²) in [5.74, 6) is 1.71. The molecule has 4 rings (SSSR count). The van der Waals surface area contributed by atoms with Crippen LogP contribution in [0.3, 0.4) is 0 Å². The van der Waals surface area contributed by atoms with Crippen LogP contribution in [0.15, 0.2) is 48.5 Å². The van der Waals surface area contributed by atoms with Crippen molar-refractivity contribution in [1.82, 2.24) is 5.32 Å². The average Bonchev–Trinajstić information content (AvgIpc) is 3.16. The molecule has 0 aliphatic carbocycles. The predicted molar refractivity (Wildman–Crippen MR) is 84.9 cm³/mol. The molecule has 108 valence electrons. The summed E-state index contributed by atoms with van der Waals surface area (Å²) in [5.41, 5.74) is 4.29. The van der Waals surface area contributed by atoms with Gasteiger partial charge in [0.2, 0.25) is 0 Å². The highest BCUT2D eigenvalue weighted by Crippen LogP contribution is 2.34. The normalized spacial score (nSPS) is 23.8. The molecule has 2 aromatic carbocycles. The molecule has 2 aromatic rings. The van der Waals surface area contributed by atoms with Crippen LogP contribution in [-0.2, 0) is 12.8 Å². The van der Waals surface area contributed by atoms with Gasteiger partial charge in [-0.15, -0.1) is 0 Å². The van der Waals surface area contributed by atoms with Crippen LogP contribution in [0.1, 0.15) is 29.0 Å². The molecule has 1 N–H and O–H groups in total. The Morgan fingerprint density at radius 2 is 2.00 bits per heavy atom. The maximum atomic E-state index is 5.62. The molecule has 0 aromatic heterocycles. The van der Waals surface area contributed by atoms with E-state index in [-0.39, 0.29) is 0 Å². The lowest BCUT2D eigenvalue weighted by atomic mass is 9.87. The summed E-state index contributed by atoms with van der Waals surface area (Å²) in [6.07, 6.45) is 3.41. The fourth-order valence-electron chi connectivity index (χ4n) is 3.69. The predicted octanol–water partition coefficient (Wildman–Crippen LogP) is 3.31. The van der Waals surface area contributed by atoms with E-state index >= 15 is 0 Å². The zero-order valence-electron chi connectivity index (χ0n) is 12.2. The van der Waals surface area contributed by atoms with Crippen LogP contribution in [-0.4, -0.2) is 19.2 Å². The van der Waals surface area contributed by atoms with Gasteiger partial charge in [0.25, 0.3) is 0 Å². The third-order valence-electron chi connectivity index (χ3n) is 4.79. The average molecular weight is 279 g/mol. The summed E-state index contributed by atoms with van der Waals surface area (Å²) < 4.78 is 5.62. The van der Waals surface area contributed by atoms with E-state index in [0.717, 1.165) is 31.7 Å². The molecule has 0 bridgehead atoms. The third-order valence-corrected chi connectivity index (χ3v) is 4.79. The molecule has 2 aliphatic rings. The zero-order valence-corrected chi connectivity index (χ0v) is 12.2. The smallest absolute Gasteiger partial charge is 0.122 e. The monoisotopic (exact) mass is 279 g/mol. The van der Waals surface area contributed by atoms with Crippen LogP contribution in [0.2, 0.25) is 0 Å². The number of hydrogen-bond acceptors (Lipinski definition) is 2. The quantitative estimate of drug-likeness (QED) is 0.930. The number of ether oxygens (including phenoxy) is 1. The first-order valence-electron chi connectivity index (χ1n) is 7.93. The minimum atomic E-state index is 0.549. The fourth-order valence-corrected chi connectivity index (χ4v) is 3.69. The number of hydrogen-bond donors (Lipinski definition) is 1. The SMILES string of the molecule is c1ccc(CC2NCCC2c2ccc3c(c2)CCO3)cc1. The Morgan fingerprint density at radius 1 is 1.10 bits per heavy atom. The largest absolute Gasteiger partial charge is 0.493 e. The van der Waals surface area contributed by atoms with Gasteiger partial charge in [-0.3, -0.25) is 0 Å².